The number of aromatic nitrogens is 1. The maximum absolute atomic E-state index is 14.0. The van der Waals surface area contributed by atoms with Gasteiger partial charge in [-0.25, -0.2) is 0 Å². The van der Waals surface area contributed by atoms with Gasteiger partial charge in [-0.05, 0) is 42.6 Å². The van der Waals surface area contributed by atoms with E-state index in [4.69, 9.17) is 17.2 Å². The number of nitrogens with one attached hydrogen (secondary N) is 2. The number of anilines is 1. The summed E-state index contributed by atoms with van der Waals surface area (Å²) in [5.41, 5.74) is 22.4. The number of hydrogen-bond donors (Lipinski definition) is 5. The van der Waals surface area contributed by atoms with Crippen molar-refractivity contribution < 1.29 is 9.59 Å². The molecule has 2 aromatic carbocycles. The third-order valence-corrected chi connectivity index (χ3v) is 8.71. The molecule has 8 N–H and O–H groups in total. The second-order valence-electron chi connectivity index (χ2n) is 9.75. The number of carbonyl (C=O) groups excluding carboxylic acids is 2. The largest absolute Gasteiger partial charge is 0.398 e. The van der Waals surface area contributed by atoms with Crippen LogP contribution in [-0.2, 0) is 10.3 Å². The van der Waals surface area contributed by atoms with Gasteiger partial charge in [0.1, 0.15) is 5.54 Å². The molecule has 9 heteroatoms. The first-order valence-electron chi connectivity index (χ1n) is 12.4. The van der Waals surface area contributed by atoms with Gasteiger partial charge in [-0.3, -0.25) is 14.6 Å². The number of nitrogens with zero attached hydrogens (tertiary/aromatic N) is 1. The SMILES string of the molecule is Nc1ccc2c3c(c(C(=O)NC4CCCNC4)sc13)C(N)C(=O)C2(N)c1cncc(-c2ccccc2)c1. The molecule has 1 amide bonds. The summed E-state index contributed by atoms with van der Waals surface area (Å²) in [7, 11) is 0. The summed E-state index contributed by atoms with van der Waals surface area (Å²) in [6.07, 6.45) is 5.24. The van der Waals surface area contributed by atoms with Crippen molar-refractivity contribution in [1.29, 1.82) is 0 Å². The Kier molecular flexibility index (Phi) is 5.80. The Morgan fingerprint density at radius 3 is 2.70 bits per heavy atom. The molecule has 3 unspecified atom stereocenters. The zero-order valence-corrected chi connectivity index (χ0v) is 21.0. The molecule has 4 aromatic rings. The maximum atomic E-state index is 14.0. The number of Topliss-reactive ketones (excluding diaryl/α,β-unsaturated/α-hetero) is 1. The van der Waals surface area contributed by atoms with Crippen LogP contribution in [0.25, 0.3) is 21.2 Å². The molecule has 0 spiro atoms. The van der Waals surface area contributed by atoms with Crippen molar-refractivity contribution in [3.63, 3.8) is 0 Å². The van der Waals surface area contributed by atoms with Crippen LogP contribution < -0.4 is 27.8 Å². The lowest BCUT2D eigenvalue weighted by Crippen LogP contribution is -2.52. The van der Waals surface area contributed by atoms with Crippen LogP contribution in [0.15, 0.2) is 60.9 Å². The number of nitrogens with two attached hydrogens (primary N) is 3. The van der Waals surface area contributed by atoms with Crippen LogP contribution in [0.1, 0.15) is 45.2 Å². The van der Waals surface area contributed by atoms with Gasteiger partial charge in [-0.2, -0.15) is 0 Å². The predicted molar refractivity (Wildman–Crippen MR) is 146 cm³/mol. The van der Waals surface area contributed by atoms with E-state index in [2.05, 4.69) is 15.6 Å². The number of thiophene rings is 1. The molecular formula is C28H28N6O2S. The number of hydrogen-bond acceptors (Lipinski definition) is 8. The first kappa shape index (κ1) is 23.7. The van der Waals surface area contributed by atoms with Gasteiger partial charge in [-0.15, -0.1) is 11.3 Å². The van der Waals surface area contributed by atoms with Gasteiger partial charge in [0.05, 0.1) is 15.6 Å². The molecule has 1 aliphatic heterocycles. The highest BCUT2D eigenvalue weighted by atomic mass is 32.1. The lowest BCUT2D eigenvalue weighted by atomic mass is 9.70. The molecule has 188 valence electrons. The van der Waals surface area contributed by atoms with E-state index in [0.29, 0.717) is 43.9 Å². The third kappa shape index (κ3) is 3.74. The predicted octanol–water partition coefficient (Wildman–Crippen LogP) is 2.81. The van der Waals surface area contributed by atoms with E-state index >= 15 is 0 Å². The fourth-order valence-corrected chi connectivity index (χ4v) is 6.72. The molecule has 1 saturated heterocycles. The molecule has 0 bridgehead atoms. The van der Waals surface area contributed by atoms with E-state index in [1.165, 1.54) is 11.3 Å². The van der Waals surface area contributed by atoms with E-state index < -0.39 is 11.6 Å². The third-order valence-electron chi connectivity index (χ3n) is 7.45. The molecule has 0 saturated carbocycles. The van der Waals surface area contributed by atoms with Crippen molar-refractivity contribution in [3.05, 3.63) is 82.5 Å². The number of ketones is 1. The van der Waals surface area contributed by atoms with E-state index in [-0.39, 0.29) is 17.7 Å². The molecule has 3 atom stereocenters. The minimum absolute atomic E-state index is 0.0198. The van der Waals surface area contributed by atoms with Crippen LogP contribution in [0.4, 0.5) is 5.69 Å². The summed E-state index contributed by atoms with van der Waals surface area (Å²) in [6, 6.07) is 14.1. The van der Waals surface area contributed by atoms with Crippen molar-refractivity contribution in [3.8, 4) is 11.1 Å². The first-order chi connectivity index (χ1) is 17.9. The second kappa shape index (κ2) is 9.04. The summed E-state index contributed by atoms with van der Waals surface area (Å²) < 4.78 is 0.712. The van der Waals surface area contributed by atoms with Crippen molar-refractivity contribution in [2.45, 2.75) is 30.5 Å². The van der Waals surface area contributed by atoms with Crippen LogP contribution in [0.5, 0.6) is 0 Å². The summed E-state index contributed by atoms with van der Waals surface area (Å²) in [6.45, 7) is 1.65. The number of pyridine rings is 1. The molecule has 2 aromatic heterocycles. The Labute approximate surface area is 218 Å². The lowest BCUT2D eigenvalue weighted by Gasteiger charge is -2.36. The van der Waals surface area contributed by atoms with E-state index in [1.807, 2.05) is 36.4 Å². The van der Waals surface area contributed by atoms with Crippen molar-refractivity contribution in [2.24, 2.45) is 11.5 Å². The van der Waals surface area contributed by atoms with Crippen LogP contribution >= 0.6 is 11.3 Å². The highest BCUT2D eigenvalue weighted by molar-refractivity contribution is 7.21. The van der Waals surface area contributed by atoms with Crippen molar-refractivity contribution in [1.82, 2.24) is 15.6 Å². The summed E-state index contributed by atoms with van der Waals surface area (Å²) in [5.74, 6) is -0.624. The van der Waals surface area contributed by atoms with Gasteiger partial charge in [-0.1, -0.05) is 36.4 Å². The Morgan fingerprint density at radius 1 is 1.14 bits per heavy atom. The van der Waals surface area contributed by atoms with Crippen molar-refractivity contribution in [2.75, 3.05) is 18.8 Å². The summed E-state index contributed by atoms with van der Waals surface area (Å²) in [4.78, 5) is 32.2. The van der Waals surface area contributed by atoms with Crippen LogP contribution in [-0.4, -0.2) is 35.8 Å². The minimum atomic E-state index is -1.54. The van der Waals surface area contributed by atoms with Gasteiger partial charge < -0.3 is 27.8 Å². The Hall–Kier alpha value is -3.63. The monoisotopic (exact) mass is 512 g/mol. The molecule has 0 radical (unpaired) electrons. The van der Waals surface area contributed by atoms with Gasteiger partial charge in [0.25, 0.3) is 5.91 Å². The highest BCUT2D eigenvalue weighted by Gasteiger charge is 2.49. The highest BCUT2D eigenvalue weighted by Crippen LogP contribution is 2.49. The molecule has 8 nitrogen and oxygen atoms in total. The van der Waals surface area contributed by atoms with Gasteiger partial charge >= 0.3 is 0 Å². The smallest absolute Gasteiger partial charge is 0.262 e. The number of rotatable bonds is 4. The first-order valence-corrected chi connectivity index (χ1v) is 13.2. The molecule has 3 heterocycles. The summed E-state index contributed by atoms with van der Waals surface area (Å²) in [5, 5.41) is 7.10. The molecule has 2 aliphatic rings. The van der Waals surface area contributed by atoms with Crippen LogP contribution in [0.3, 0.4) is 0 Å². The fraction of sp³-hybridized carbons (Fsp3) is 0.250. The van der Waals surface area contributed by atoms with Crippen LogP contribution in [0, 0.1) is 0 Å². The summed E-state index contributed by atoms with van der Waals surface area (Å²) >= 11 is 1.27. The average molecular weight is 513 g/mol. The molecule has 1 fully saturated rings. The molecule has 6 rings (SSSR count). The van der Waals surface area contributed by atoms with Crippen molar-refractivity contribution >= 4 is 38.8 Å². The number of benzene rings is 2. The topological polar surface area (TPSA) is 149 Å². The van der Waals surface area contributed by atoms with Gasteiger partial charge in [0, 0.05) is 52.7 Å². The molecule has 1 aliphatic carbocycles. The van der Waals surface area contributed by atoms with E-state index in [0.717, 1.165) is 30.5 Å². The van der Waals surface area contributed by atoms with E-state index in [9.17, 15) is 9.59 Å². The number of amides is 1. The number of nitrogen functional groups attached to an aromatic ring is 1. The standard InChI is InChI=1S/C28H28N6O2S/c29-20-9-8-19-21-22(25(37-24(20)21)27(36)34-18-7-4-10-32-14-18)23(30)26(35)28(19,31)17-11-16(12-33-13-17)15-5-2-1-3-6-15/h1-3,5-6,8-9,11-13,18,23,32H,4,7,10,14,29-31H2,(H,34,36). The van der Waals surface area contributed by atoms with Gasteiger partial charge in [0.15, 0.2) is 5.78 Å². The Bertz CT molecular complexity index is 1530. The zero-order chi connectivity index (χ0) is 25.7. The molecular weight excluding hydrogens is 484 g/mol. The maximum Gasteiger partial charge on any atom is 0.262 e. The number of carbonyl (C=O) groups is 2. The van der Waals surface area contributed by atoms with E-state index in [1.54, 1.807) is 24.5 Å². The second-order valence-corrected chi connectivity index (χ2v) is 10.8. The number of piperidine rings is 1. The Morgan fingerprint density at radius 2 is 1.95 bits per heavy atom. The van der Waals surface area contributed by atoms with Gasteiger partial charge in [0.2, 0.25) is 0 Å². The zero-order valence-electron chi connectivity index (χ0n) is 20.2. The molecule has 37 heavy (non-hydrogen) atoms. The minimum Gasteiger partial charge on any atom is -0.398 e. The lowest BCUT2D eigenvalue weighted by molar-refractivity contribution is -0.124. The van der Waals surface area contributed by atoms with Crippen LogP contribution in [0.2, 0.25) is 0 Å². The normalized spacial score (nSPS) is 23.2. The Balaban J connectivity index is 1.51. The quantitative estimate of drug-likeness (QED) is 0.264. The fourth-order valence-electron chi connectivity index (χ4n) is 5.52. The average Bonchev–Trinajstić information content (AvgIpc) is 3.34.